The van der Waals surface area contributed by atoms with Gasteiger partial charge in [0.1, 0.15) is 23.0 Å². The first-order valence-corrected chi connectivity index (χ1v) is 10.7. The van der Waals surface area contributed by atoms with Crippen molar-refractivity contribution in [1.29, 1.82) is 0 Å². The molecule has 33 heavy (non-hydrogen) atoms. The van der Waals surface area contributed by atoms with Gasteiger partial charge in [0.2, 0.25) is 5.43 Å². The summed E-state index contributed by atoms with van der Waals surface area (Å²) in [5.74, 6) is -3.83. The zero-order valence-corrected chi connectivity index (χ0v) is 18.2. The van der Waals surface area contributed by atoms with E-state index in [9.17, 15) is 23.5 Å². The summed E-state index contributed by atoms with van der Waals surface area (Å²) in [5, 5.41) is 9.36. The van der Waals surface area contributed by atoms with Gasteiger partial charge in [0.25, 0.3) is 0 Å². The highest BCUT2D eigenvalue weighted by Crippen LogP contribution is 2.35. The van der Waals surface area contributed by atoms with E-state index < -0.39 is 34.4 Å². The third-order valence-electron chi connectivity index (χ3n) is 6.35. The molecule has 6 nitrogen and oxygen atoms in total. The molecule has 174 valence electrons. The Morgan fingerprint density at radius 1 is 1.21 bits per heavy atom. The number of hydrogen-bond donors (Lipinski definition) is 2. The molecule has 1 aliphatic rings. The van der Waals surface area contributed by atoms with Gasteiger partial charge in [-0.15, -0.1) is 0 Å². The van der Waals surface area contributed by atoms with E-state index in [1.807, 2.05) is 11.8 Å². The Morgan fingerprint density at radius 2 is 1.94 bits per heavy atom. The number of carbonyl (C=O) groups is 1. The third-order valence-corrected chi connectivity index (χ3v) is 6.35. The summed E-state index contributed by atoms with van der Waals surface area (Å²) in [5.41, 5.74) is 5.37. The van der Waals surface area contributed by atoms with Crippen LogP contribution in [-0.4, -0.2) is 34.8 Å². The molecular formula is C24H24F3N3O3. The van der Waals surface area contributed by atoms with Crippen molar-refractivity contribution in [2.24, 2.45) is 11.7 Å². The van der Waals surface area contributed by atoms with E-state index in [0.717, 1.165) is 24.4 Å². The number of anilines is 1. The molecule has 0 spiro atoms. The van der Waals surface area contributed by atoms with Crippen LogP contribution in [0.25, 0.3) is 16.6 Å². The highest BCUT2D eigenvalue weighted by Gasteiger charge is 2.29. The van der Waals surface area contributed by atoms with Crippen LogP contribution < -0.4 is 16.1 Å². The van der Waals surface area contributed by atoms with Crippen LogP contribution in [0.2, 0.25) is 0 Å². The Hall–Kier alpha value is -3.33. The molecule has 0 amide bonds. The van der Waals surface area contributed by atoms with Crippen LogP contribution in [0.1, 0.15) is 36.2 Å². The van der Waals surface area contributed by atoms with E-state index >= 15 is 4.39 Å². The first-order chi connectivity index (χ1) is 15.6. The molecule has 9 heteroatoms. The zero-order valence-electron chi connectivity index (χ0n) is 18.2. The summed E-state index contributed by atoms with van der Waals surface area (Å²) >= 11 is 0. The van der Waals surface area contributed by atoms with Gasteiger partial charge in [-0.05, 0) is 37.0 Å². The number of nitrogens with two attached hydrogens (primary N) is 1. The smallest absolute Gasteiger partial charge is 0.341 e. The zero-order chi connectivity index (χ0) is 24.0. The van der Waals surface area contributed by atoms with Crippen LogP contribution >= 0.6 is 0 Å². The second kappa shape index (κ2) is 8.55. The van der Waals surface area contributed by atoms with Crippen molar-refractivity contribution in [2.45, 2.75) is 32.7 Å². The fraction of sp³-hybridized carbons (Fsp3) is 0.333. The van der Waals surface area contributed by atoms with Crippen LogP contribution in [0, 0.1) is 23.4 Å². The molecule has 2 atom stereocenters. The summed E-state index contributed by atoms with van der Waals surface area (Å²) in [6.45, 7) is 4.75. The summed E-state index contributed by atoms with van der Waals surface area (Å²) in [6, 6.07) is 3.86. The second-order valence-electron chi connectivity index (χ2n) is 8.45. The fourth-order valence-electron chi connectivity index (χ4n) is 4.59. The molecule has 1 saturated heterocycles. The Kier molecular flexibility index (Phi) is 5.92. The topological polar surface area (TPSA) is 88.6 Å². The third kappa shape index (κ3) is 3.86. The number of aryl methyl sites for hydroxylation is 1. The number of halogens is 3. The van der Waals surface area contributed by atoms with Crippen LogP contribution in [0.4, 0.5) is 18.9 Å². The lowest BCUT2D eigenvalue weighted by Crippen LogP contribution is -2.46. The highest BCUT2D eigenvalue weighted by atomic mass is 19.1. The van der Waals surface area contributed by atoms with Crippen LogP contribution in [0.15, 0.2) is 35.3 Å². The summed E-state index contributed by atoms with van der Waals surface area (Å²) in [4.78, 5) is 26.5. The van der Waals surface area contributed by atoms with Gasteiger partial charge >= 0.3 is 5.97 Å². The van der Waals surface area contributed by atoms with Crippen LogP contribution in [0.5, 0.6) is 0 Å². The average molecular weight is 459 g/mol. The molecular weight excluding hydrogens is 435 g/mol. The molecule has 3 N–H and O–H groups in total. The maximum absolute atomic E-state index is 15.5. The Labute approximate surface area is 188 Å². The minimum atomic E-state index is -1.53. The van der Waals surface area contributed by atoms with E-state index in [1.165, 1.54) is 4.57 Å². The maximum atomic E-state index is 15.5. The molecule has 0 unspecified atom stereocenters. The summed E-state index contributed by atoms with van der Waals surface area (Å²) < 4.78 is 45.0. The quantitative estimate of drug-likeness (QED) is 0.619. The number of carboxylic acids is 1. The normalized spacial score (nSPS) is 18.7. The van der Waals surface area contributed by atoms with E-state index in [2.05, 4.69) is 0 Å². The lowest BCUT2D eigenvalue weighted by atomic mass is 9.93. The number of aromatic nitrogens is 1. The molecule has 4 rings (SSSR count). The number of hydrogen-bond acceptors (Lipinski definition) is 4. The summed E-state index contributed by atoms with van der Waals surface area (Å²) in [7, 11) is 0. The van der Waals surface area contributed by atoms with E-state index in [-0.39, 0.29) is 40.7 Å². The fourth-order valence-corrected chi connectivity index (χ4v) is 4.59. The van der Waals surface area contributed by atoms with Gasteiger partial charge in [-0.25, -0.2) is 18.0 Å². The monoisotopic (exact) mass is 459 g/mol. The lowest BCUT2D eigenvalue weighted by Gasteiger charge is -2.38. The van der Waals surface area contributed by atoms with Crippen molar-refractivity contribution < 1.29 is 23.1 Å². The van der Waals surface area contributed by atoms with Crippen molar-refractivity contribution in [1.82, 2.24) is 4.57 Å². The number of rotatable bonds is 4. The van der Waals surface area contributed by atoms with E-state index in [0.29, 0.717) is 31.1 Å². The van der Waals surface area contributed by atoms with E-state index in [1.54, 1.807) is 6.92 Å². The molecule has 2 heterocycles. The van der Waals surface area contributed by atoms with Crippen molar-refractivity contribution in [3.63, 3.8) is 0 Å². The first kappa shape index (κ1) is 22.8. The Balaban J connectivity index is 2.10. The molecule has 0 aliphatic carbocycles. The number of fused-ring (bicyclic) bond motifs is 1. The molecule has 1 fully saturated rings. The number of piperidine rings is 1. The number of aromatic carboxylic acids is 1. The minimum Gasteiger partial charge on any atom is -0.477 e. The minimum absolute atomic E-state index is 0.0144. The predicted molar refractivity (Wildman–Crippen MR) is 120 cm³/mol. The Morgan fingerprint density at radius 3 is 2.55 bits per heavy atom. The van der Waals surface area contributed by atoms with Crippen molar-refractivity contribution in [3.05, 3.63) is 69.3 Å². The molecule has 0 radical (unpaired) electrons. The van der Waals surface area contributed by atoms with Crippen LogP contribution in [0.3, 0.4) is 0 Å². The van der Waals surface area contributed by atoms with E-state index in [4.69, 9.17) is 5.73 Å². The molecule has 1 aromatic heterocycles. The Bertz CT molecular complexity index is 1320. The largest absolute Gasteiger partial charge is 0.477 e. The predicted octanol–water partition coefficient (Wildman–Crippen LogP) is 3.84. The SMILES string of the molecule is CCc1c(N2CC[C@H](N)[C@H](C)C2)c(F)cc2c(=O)c(C(=O)O)cn(-c3ccc(F)cc3F)c12. The van der Waals surface area contributed by atoms with Gasteiger partial charge in [-0.3, -0.25) is 4.79 Å². The molecule has 0 saturated carbocycles. The maximum Gasteiger partial charge on any atom is 0.341 e. The summed E-state index contributed by atoms with van der Waals surface area (Å²) in [6.07, 6.45) is 1.95. The molecule has 1 aliphatic heterocycles. The average Bonchev–Trinajstić information content (AvgIpc) is 2.75. The number of carboxylic acid groups (broad SMARTS) is 1. The molecule has 0 bridgehead atoms. The van der Waals surface area contributed by atoms with Gasteiger partial charge in [-0.2, -0.15) is 0 Å². The van der Waals surface area contributed by atoms with Crippen molar-refractivity contribution in [2.75, 3.05) is 18.0 Å². The number of nitrogens with zero attached hydrogens (tertiary/aromatic N) is 2. The lowest BCUT2D eigenvalue weighted by molar-refractivity contribution is 0.0695. The van der Waals surface area contributed by atoms with Gasteiger partial charge in [-0.1, -0.05) is 13.8 Å². The molecule has 2 aromatic carbocycles. The number of benzene rings is 2. The van der Waals surface area contributed by atoms with Gasteiger partial charge in [0, 0.05) is 37.0 Å². The van der Waals surface area contributed by atoms with Crippen molar-refractivity contribution >= 4 is 22.6 Å². The second-order valence-corrected chi connectivity index (χ2v) is 8.45. The van der Waals surface area contributed by atoms with Gasteiger partial charge in [0.05, 0.1) is 22.3 Å². The number of pyridine rings is 1. The first-order valence-electron chi connectivity index (χ1n) is 10.7. The highest BCUT2D eigenvalue weighted by molar-refractivity contribution is 5.96. The van der Waals surface area contributed by atoms with Crippen LogP contribution in [-0.2, 0) is 6.42 Å². The molecule has 3 aromatic rings. The van der Waals surface area contributed by atoms with Crippen molar-refractivity contribution in [3.8, 4) is 5.69 Å². The standard InChI is InChI=1S/C24H24F3N3O3/c1-3-14-21-15(9-18(27)22(14)29-7-6-19(28)12(2)10-29)23(31)16(24(32)33)11-30(21)20-5-4-13(25)8-17(20)26/h4-5,8-9,11-12,19H,3,6-7,10,28H2,1-2H3,(H,32,33)/t12-,19+/m1/s1. The van der Waals surface area contributed by atoms with Gasteiger partial charge in [0.15, 0.2) is 0 Å². The van der Waals surface area contributed by atoms with Gasteiger partial charge < -0.3 is 20.3 Å².